The van der Waals surface area contributed by atoms with Crippen molar-refractivity contribution < 1.29 is 24.1 Å². The van der Waals surface area contributed by atoms with E-state index in [1.807, 2.05) is 0 Å². The third-order valence-electron chi connectivity index (χ3n) is 3.14. The summed E-state index contributed by atoms with van der Waals surface area (Å²) >= 11 is 0. The van der Waals surface area contributed by atoms with E-state index in [-0.39, 0.29) is 0 Å². The lowest BCUT2D eigenvalue weighted by Crippen LogP contribution is -2.25. The van der Waals surface area contributed by atoms with Crippen molar-refractivity contribution in [3.8, 4) is 0 Å². The minimum absolute atomic E-state index is 0.414. The number of carbonyl (C=O) groups is 1. The summed E-state index contributed by atoms with van der Waals surface area (Å²) in [5.74, 6) is 0. The molecule has 22 heavy (non-hydrogen) atoms. The first-order valence-electron chi connectivity index (χ1n) is 8.13. The number of ether oxygens (including phenoxy) is 3. The normalized spacial score (nSPS) is 11.0. The van der Waals surface area contributed by atoms with E-state index in [9.17, 15) is 4.79 Å². The Kier molecular flexibility index (Phi) is 15.8. The summed E-state index contributed by atoms with van der Waals surface area (Å²) in [4.78, 5) is 12.6. The summed E-state index contributed by atoms with van der Waals surface area (Å²) in [5, 5.41) is 10.6. The Hall–Kier alpha value is -0.890. The lowest BCUT2D eigenvalue weighted by Gasteiger charge is -2.17. The van der Waals surface area contributed by atoms with Gasteiger partial charge in [-0.25, -0.2) is 4.79 Å². The maximum atomic E-state index is 10.2. The molecule has 0 unspecified atom stereocenters. The molecule has 0 heterocycles. The zero-order valence-corrected chi connectivity index (χ0v) is 14.0. The van der Waals surface area contributed by atoms with Crippen LogP contribution in [0.4, 0.5) is 4.79 Å². The molecule has 0 radical (unpaired) electrons. The van der Waals surface area contributed by atoms with Crippen LogP contribution in [0, 0.1) is 0 Å². The summed E-state index contributed by atoms with van der Waals surface area (Å²) in [6.45, 7) is 11.6. The van der Waals surface area contributed by atoms with Crippen LogP contribution in [0.1, 0.15) is 26.7 Å². The fourth-order valence-electron chi connectivity index (χ4n) is 1.84. The molecule has 0 bridgehead atoms. The summed E-state index contributed by atoms with van der Waals surface area (Å²) < 4.78 is 16.2. The molecular weight excluding hydrogens is 288 g/mol. The summed E-state index contributed by atoms with van der Waals surface area (Å²) in [5.41, 5.74) is 0. The Morgan fingerprint density at radius 1 is 0.909 bits per heavy atom. The second kappa shape index (κ2) is 16.5. The molecule has 7 heteroatoms. The first-order valence-corrected chi connectivity index (χ1v) is 8.13. The second-order valence-corrected chi connectivity index (χ2v) is 4.80. The molecule has 0 rings (SSSR count). The van der Waals surface area contributed by atoms with Gasteiger partial charge in [-0.15, -0.1) is 0 Å². The van der Waals surface area contributed by atoms with Crippen LogP contribution in [0.5, 0.6) is 0 Å². The predicted octanol–water partition coefficient (Wildman–Crippen LogP) is 1.43. The monoisotopic (exact) mass is 320 g/mol. The molecule has 0 saturated heterocycles. The van der Waals surface area contributed by atoms with Crippen LogP contribution in [0.15, 0.2) is 0 Å². The smallest absolute Gasteiger partial charge is 0.404 e. The van der Waals surface area contributed by atoms with Gasteiger partial charge in [0.25, 0.3) is 0 Å². The Balaban J connectivity index is 3.07. The number of rotatable bonds is 16. The van der Waals surface area contributed by atoms with Crippen molar-refractivity contribution in [2.24, 2.45) is 0 Å². The Morgan fingerprint density at radius 3 is 1.91 bits per heavy atom. The van der Waals surface area contributed by atoms with Crippen molar-refractivity contribution >= 4 is 6.09 Å². The van der Waals surface area contributed by atoms with Crippen molar-refractivity contribution in [2.75, 3.05) is 65.8 Å². The van der Waals surface area contributed by atoms with E-state index in [0.29, 0.717) is 46.0 Å². The summed E-state index contributed by atoms with van der Waals surface area (Å²) in [7, 11) is 0. The number of amides is 1. The van der Waals surface area contributed by atoms with Gasteiger partial charge in [0, 0.05) is 26.3 Å². The minimum Gasteiger partial charge on any atom is -0.465 e. The Morgan fingerprint density at radius 2 is 1.41 bits per heavy atom. The molecule has 0 spiro atoms. The molecule has 0 aromatic carbocycles. The predicted molar refractivity (Wildman–Crippen MR) is 85.5 cm³/mol. The number of nitrogens with one attached hydrogen (secondary N) is 1. The van der Waals surface area contributed by atoms with Gasteiger partial charge < -0.3 is 29.5 Å². The maximum absolute atomic E-state index is 10.2. The zero-order valence-electron chi connectivity index (χ0n) is 14.0. The number of hydrogen-bond acceptors (Lipinski definition) is 5. The van der Waals surface area contributed by atoms with Crippen LogP contribution in [-0.2, 0) is 14.2 Å². The van der Waals surface area contributed by atoms with E-state index in [1.54, 1.807) is 0 Å². The second-order valence-electron chi connectivity index (χ2n) is 4.80. The fraction of sp³-hybridized carbons (Fsp3) is 0.933. The van der Waals surface area contributed by atoms with Crippen LogP contribution < -0.4 is 5.32 Å². The molecule has 0 aliphatic heterocycles. The van der Waals surface area contributed by atoms with Gasteiger partial charge in [0.1, 0.15) is 0 Å². The van der Waals surface area contributed by atoms with Crippen LogP contribution in [0.2, 0.25) is 0 Å². The number of hydrogen-bond donors (Lipinski definition) is 2. The van der Waals surface area contributed by atoms with Crippen LogP contribution in [0.25, 0.3) is 0 Å². The van der Waals surface area contributed by atoms with Gasteiger partial charge in [-0.2, -0.15) is 0 Å². The first kappa shape index (κ1) is 21.1. The largest absolute Gasteiger partial charge is 0.465 e. The van der Waals surface area contributed by atoms with E-state index in [4.69, 9.17) is 19.3 Å². The summed E-state index contributed by atoms with van der Waals surface area (Å²) in [6.07, 6.45) is 0.720. The SMILES string of the molecule is CCN(CC)CCCOCCOCCOCCCNC(=O)O. The molecule has 0 fully saturated rings. The number of nitrogens with zero attached hydrogens (tertiary/aromatic N) is 1. The molecule has 0 atom stereocenters. The highest BCUT2D eigenvalue weighted by Crippen LogP contribution is 1.91. The third kappa shape index (κ3) is 15.5. The molecule has 0 aliphatic rings. The highest BCUT2D eigenvalue weighted by Gasteiger charge is 1.98. The van der Waals surface area contributed by atoms with Gasteiger partial charge in [-0.1, -0.05) is 13.8 Å². The first-order chi connectivity index (χ1) is 10.7. The molecular formula is C15H32N2O5. The molecule has 7 nitrogen and oxygen atoms in total. The van der Waals surface area contributed by atoms with Crippen molar-refractivity contribution in [1.82, 2.24) is 10.2 Å². The minimum atomic E-state index is -1.000. The molecule has 1 amide bonds. The van der Waals surface area contributed by atoms with E-state index in [1.165, 1.54) is 0 Å². The van der Waals surface area contributed by atoms with Gasteiger partial charge in [0.05, 0.1) is 26.4 Å². The molecule has 0 aromatic rings. The van der Waals surface area contributed by atoms with Crippen molar-refractivity contribution in [2.45, 2.75) is 26.7 Å². The van der Waals surface area contributed by atoms with E-state index in [2.05, 4.69) is 24.1 Å². The standard InChI is InChI=1S/C15H32N2O5/c1-3-17(4-2)8-6-10-21-12-14-22-13-11-20-9-5-7-16-15(18)19/h16H,3-14H2,1-2H3,(H,18,19). The van der Waals surface area contributed by atoms with Crippen LogP contribution in [-0.4, -0.2) is 81.9 Å². The quantitative estimate of drug-likeness (QED) is 0.419. The lowest BCUT2D eigenvalue weighted by atomic mass is 10.4. The molecule has 132 valence electrons. The van der Waals surface area contributed by atoms with E-state index >= 15 is 0 Å². The van der Waals surface area contributed by atoms with Gasteiger partial charge in [-0.05, 0) is 25.9 Å². The zero-order chi connectivity index (χ0) is 16.5. The van der Waals surface area contributed by atoms with E-state index < -0.39 is 6.09 Å². The molecule has 2 N–H and O–H groups in total. The van der Waals surface area contributed by atoms with Crippen LogP contribution >= 0.6 is 0 Å². The van der Waals surface area contributed by atoms with Crippen molar-refractivity contribution in [3.63, 3.8) is 0 Å². The molecule has 0 aliphatic carbocycles. The summed E-state index contributed by atoms with van der Waals surface area (Å²) in [6, 6.07) is 0. The van der Waals surface area contributed by atoms with Gasteiger partial charge >= 0.3 is 6.09 Å². The molecule has 0 aromatic heterocycles. The van der Waals surface area contributed by atoms with E-state index in [0.717, 1.165) is 32.7 Å². The topological polar surface area (TPSA) is 80.3 Å². The Bertz CT molecular complexity index is 250. The van der Waals surface area contributed by atoms with Crippen LogP contribution in [0.3, 0.4) is 0 Å². The highest BCUT2D eigenvalue weighted by molar-refractivity contribution is 5.64. The number of carboxylic acid groups (broad SMARTS) is 1. The highest BCUT2D eigenvalue weighted by atomic mass is 16.5. The maximum Gasteiger partial charge on any atom is 0.404 e. The average molecular weight is 320 g/mol. The van der Waals surface area contributed by atoms with Crippen molar-refractivity contribution in [1.29, 1.82) is 0 Å². The fourth-order valence-corrected chi connectivity index (χ4v) is 1.84. The third-order valence-corrected chi connectivity index (χ3v) is 3.14. The molecule has 0 saturated carbocycles. The Labute approximate surface area is 133 Å². The van der Waals surface area contributed by atoms with Gasteiger partial charge in [0.2, 0.25) is 0 Å². The average Bonchev–Trinajstić information content (AvgIpc) is 2.51. The van der Waals surface area contributed by atoms with Gasteiger partial charge in [0.15, 0.2) is 0 Å². The van der Waals surface area contributed by atoms with Crippen molar-refractivity contribution in [3.05, 3.63) is 0 Å². The van der Waals surface area contributed by atoms with Gasteiger partial charge in [-0.3, -0.25) is 0 Å². The lowest BCUT2D eigenvalue weighted by molar-refractivity contribution is 0.0128.